The predicted octanol–water partition coefficient (Wildman–Crippen LogP) is 6.00. The van der Waals surface area contributed by atoms with Crippen molar-refractivity contribution in [3.05, 3.63) is 58.7 Å². The van der Waals surface area contributed by atoms with Crippen molar-refractivity contribution >= 4 is 11.9 Å². The second-order valence-electron chi connectivity index (χ2n) is 7.57. The van der Waals surface area contributed by atoms with Crippen molar-refractivity contribution in [3.63, 3.8) is 0 Å². The number of carbonyl (C=O) groups is 2. The Balaban J connectivity index is 2.72. The molecule has 0 aromatic heterocycles. The molecule has 0 aliphatic heterocycles. The van der Waals surface area contributed by atoms with E-state index in [9.17, 15) is 9.59 Å². The standard InChI is InChI=1S/C23H32O3/c1-7-21(24)26-22(25)16-18(3)11-8-10-17(2)13-14-20-19(4)12-9-15-23(20,5)6/h8,10-11,13-14,16H,7,9,12,15H2,1-6H3/b11-8+,14-13+,17-10+,18-16+. The second kappa shape index (κ2) is 10.1. The lowest BCUT2D eigenvalue weighted by atomic mass is 9.72. The van der Waals surface area contributed by atoms with Crippen LogP contribution >= 0.6 is 0 Å². The largest absolute Gasteiger partial charge is 0.390 e. The van der Waals surface area contributed by atoms with Gasteiger partial charge in [0.05, 0.1) is 0 Å². The van der Waals surface area contributed by atoms with Crippen LogP contribution in [0.3, 0.4) is 0 Å². The minimum absolute atomic E-state index is 0.190. The van der Waals surface area contributed by atoms with E-state index < -0.39 is 11.9 Å². The molecule has 142 valence electrons. The van der Waals surface area contributed by atoms with E-state index in [-0.39, 0.29) is 11.8 Å². The molecular weight excluding hydrogens is 324 g/mol. The smallest absolute Gasteiger partial charge is 0.338 e. The molecule has 0 unspecified atom stereocenters. The Hall–Kier alpha value is -2.16. The maximum atomic E-state index is 11.5. The third-order valence-electron chi connectivity index (χ3n) is 4.62. The number of carbonyl (C=O) groups excluding carboxylic acids is 2. The highest BCUT2D eigenvalue weighted by Crippen LogP contribution is 2.40. The van der Waals surface area contributed by atoms with Crippen molar-refractivity contribution in [3.8, 4) is 0 Å². The molecule has 0 saturated carbocycles. The van der Waals surface area contributed by atoms with Crippen LogP contribution in [0.25, 0.3) is 0 Å². The Morgan fingerprint density at radius 3 is 2.46 bits per heavy atom. The van der Waals surface area contributed by atoms with Crippen LogP contribution in [-0.2, 0) is 14.3 Å². The first-order valence-electron chi connectivity index (χ1n) is 9.32. The zero-order valence-electron chi connectivity index (χ0n) is 17.0. The SMILES string of the molecule is CCC(=O)OC(=O)/C=C(C)/C=C/C=C(C)/C=C/C1=C(C)CCCC1(C)C. The van der Waals surface area contributed by atoms with Gasteiger partial charge in [0.15, 0.2) is 0 Å². The van der Waals surface area contributed by atoms with Crippen LogP contribution in [0.1, 0.15) is 67.2 Å². The van der Waals surface area contributed by atoms with Crippen LogP contribution in [-0.4, -0.2) is 11.9 Å². The molecule has 1 rings (SSSR count). The minimum Gasteiger partial charge on any atom is -0.390 e. The zero-order valence-corrected chi connectivity index (χ0v) is 17.0. The Morgan fingerprint density at radius 1 is 1.15 bits per heavy atom. The molecule has 0 bridgehead atoms. The summed E-state index contributed by atoms with van der Waals surface area (Å²) in [4.78, 5) is 22.6. The summed E-state index contributed by atoms with van der Waals surface area (Å²) in [7, 11) is 0. The molecule has 0 N–H and O–H groups in total. The molecule has 0 fully saturated rings. The van der Waals surface area contributed by atoms with Gasteiger partial charge in [-0.15, -0.1) is 0 Å². The number of rotatable bonds is 6. The van der Waals surface area contributed by atoms with Gasteiger partial charge in [-0.2, -0.15) is 0 Å². The molecule has 0 atom stereocenters. The average molecular weight is 357 g/mol. The quantitative estimate of drug-likeness (QED) is 0.254. The molecule has 0 aromatic carbocycles. The maximum Gasteiger partial charge on any atom is 0.338 e. The lowest BCUT2D eigenvalue weighted by Gasteiger charge is -2.32. The van der Waals surface area contributed by atoms with E-state index in [0.717, 1.165) is 11.1 Å². The average Bonchev–Trinajstić information content (AvgIpc) is 2.53. The van der Waals surface area contributed by atoms with E-state index in [4.69, 9.17) is 0 Å². The van der Waals surface area contributed by atoms with Gasteiger partial charge in [0.2, 0.25) is 0 Å². The van der Waals surface area contributed by atoms with E-state index in [1.807, 2.05) is 18.2 Å². The fraction of sp³-hybridized carbons (Fsp3) is 0.478. The Kier molecular flexibility index (Phi) is 8.50. The Bertz CT molecular complexity index is 682. The minimum atomic E-state index is -0.624. The third-order valence-corrected chi connectivity index (χ3v) is 4.62. The van der Waals surface area contributed by atoms with Crippen LogP contribution in [0, 0.1) is 5.41 Å². The van der Waals surface area contributed by atoms with Crippen molar-refractivity contribution in [2.75, 3.05) is 0 Å². The molecular formula is C23H32O3. The fourth-order valence-corrected chi connectivity index (χ4v) is 3.08. The van der Waals surface area contributed by atoms with E-state index in [0.29, 0.717) is 0 Å². The van der Waals surface area contributed by atoms with Gasteiger partial charge in [-0.25, -0.2) is 4.79 Å². The topological polar surface area (TPSA) is 43.4 Å². The molecule has 1 aliphatic rings. The summed E-state index contributed by atoms with van der Waals surface area (Å²) in [5.41, 5.74) is 5.04. The summed E-state index contributed by atoms with van der Waals surface area (Å²) in [5, 5.41) is 0. The van der Waals surface area contributed by atoms with Gasteiger partial charge in [0, 0.05) is 12.5 Å². The molecule has 0 radical (unpaired) electrons. The van der Waals surface area contributed by atoms with Crippen LogP contribution in [0.2, 0.25) is 0 Å². The van der Waals surface area contributed by atoms with Gasteiger partial charge < -0.3 is 4.74 Å². The normalized spacial score (nSPS) is 18.7. The molecule has 0 amide bonds. The van der Waals surface area contributed by atoms with Gasteiger partial charge in [0.1, 0.15) is 0 Å². The van der Waals surface area contributed by atoms with Gasteiger partial charge >= 0.3 is 11.9 Å². The summed E-state index contributed by atoms with van der Waals surface area (Å²) in [5.74, 6) is -1.14. The molecule has 0 heterocycles. The lowest BCUT2D eigenvalue weighted by molar-refractivity contribution is -0.155. The van der Waals surface area contributed by atoms with Crippen molar-refractivity contribution in [1.29, 1.82) is 0 Å². The van der Waals surface area contributed by atoms with E-state index in [1.54, 1.807) is 13.8 Å². The maximum absolute atomic E-state index is 11.5. The Morgan fingerprint density at radius 2 is 1.85 bits per heavy atom. The first-order valence-corrected chi connectivity index (χ1v) is 9.32. The summed E-state index contributed by atoms with van der Waals surface area (Å²) >= 11 is 0. The van der Waals surface area contributed by atoms with E-state index >= 15 is 0 Å². The number of esters is 2. The summed E-state index contributed by atoms with van der Waals surface area (Å²) in [6.45, 7) is 12.4. The molecule has 3 nitrogen and oxygen atoms in total. The molecule has 0 spiro atoms. The monoisotopic (exact) mass is 356 g/mol. The number of allylic oxidation sites excluding steroid dienone is 9. The number of hydrogen-bond donors (Lipinski definition) is 0. The fourth-order valence-electron chi connectivity index (χ4n) is 3.08. The van der Waals surface area contributed by atoms with Gasteiger partial charge in [-0.1, -0.05) is 62.3 Å². The highest BCUT2D eigenvalue weighted by molar-refractivity contribution is 5.92. The molecule has 3 heteroatoms. The van der Waals surface area contributed by atoms with Crippen molar-refractivity contribution in [2.24, 2.45) is 5.41 Å². The third kappa shape index (κ3) is 7.38. The predicted molar refractivity (Wildman–Crippen MR) is 108 cm³/mol. The van der Waals surface area contributed by atoms with Crippen LogP contribution in [0.4, 0.5) is 0 Å². The van der Waals surface area contributed by atoms with Crippen molar-refractivity contribution in [1.82, 2.24) is 0 Å². The lowest BCUT2D eigenvalue weighted by Crippen LogP contribution is -2.19. The number of ether oxygens (including phenoxy) is 1. The van der Waals surface area contributed by atoms with Gasteiger partial charge in [-0.05, 0) is 56.6 Å². The first kappa shape index (κ1) is 21.9. The molecule has 1 aliphatic carbocycles. The van der Waals surface area contributed by atoms with Crippen LogP contribution in [0.15, 0.2) is 58.7 Å². The summed E-state index contributed by atoms with van der Waals surface area (Å²) < 4.78 is 4.61. The van der Waals surface area contributed by atoms with Crippen molar-refractivity contribution in [2.45, 2.75) is 67.2 Å². The summed E-state index contributed by atoms with van der Waals surface area (Å²) in [6, 6.07) is 0. The zero-order chi connectivity index (χ0) is 19.7. The van der Waals surface area contributed by atoms with Gasteiger partial charge in [-0.3, -0.25) is 4.79 Å². The van der Waals surface area contributed by atoms with Crippen molar-refractivity contribution < 1.29 is 14.3 Å². The van der Waals surface area contributed by atoms with Gasteiger partial charge in [0.25, 0.3) is 0 Å². The highest BCUT2D eigenvalue weighted by Gasteiger charge is 2.26. The van der Waals surface area contributed by atoms with Crippen LogP contribution in [0.5, 0.6) is 0 Å². The highest BCUT2D eigenvalue weighted by atomic mass is 16.6. The van der Waals surface area contributed by atoms with E-state index in [1.165, 1.54) is 36.5 Å². The first-order chi connectivity index (χ1) is 12.2. The molecule has 26 heavy (non-hydrogen) atoms. The molecule has 0 aromatic rings. The second-order valence-corrected chi connectivity index (χ2v) is 7.57. The number of hydrogen-bond acceptors (Lipinski definition) is 3. The van der Waals surface area contributed by atoms with Crippen LogP contribution < -0.4 is 0 Å². The Labute approximate surface area is 158 Å². The summed E-state index contributed by atoms with van der Waals surface area (Å²) in [6.07, 6.45) is 15.3. The molecule has 0 saturated heterocycles. The van der Waals surface area contributed by atoms with E-state index in [2.05, 4.69) is 44.6 Å².